The van der Waals surface area contributed by atoms with Gasteiger partial charge in [-0.05, 0) is 23.8 Å². The molecule has 2 aromatic rings. The van der Waals surface area contributed by atoms with E-state index in [4.69, 9.17) is 0 Å². The molecule has 0 bridgehead atoms. The molecule has 1 aliphatic heterocycles. The monoisotopic (exact) mass is 247 g/mol. The molecule has 0 saturated carbocycles. The summed E-state index contributed by atoms with van der Waals surface area (Å²) in [7, 11) is -2.87. The fourth-order valence-corrected chi connectivity index (χ4v) is 3.82. The Balaban J connectivity index is 2.07. The van der Waals surface area contributed by atoms with Crippen LogP contribution in [0.15, 0.2) is 59.5 Å². The predicted molar refractivity (Wildman–Crippen MR) is 70.2 cm³/mol. The molecule has 0 spiro atoms. The van der Waals surface area contributed by atoms with E-state index in [2.05, 4.69) is 0 Å². The minimum atomic E-state index is -2.87. The van der Waals surface area contributed by atoms with Crippen molar-refractivity contribution >= 4 is 16.5 Å². The smallest absolute Gasteiger partial charge is 0.0854 e. The maximum absolute atomic E-state index is 10.3. The van der Waals surface area contributed by atoms with Crippen molar-refractivity contribution in [3.63, 3.8) is 0 Å². The Hall–Kier alpha value is -1.49. The summed E-state index contributed by atoms with van der Waals surface area (Å²) in [6, 6.07) is 17.0. The normalized spacial score (nSPS) is 18.8. The zero-order valence-electron chi connectivity index (χ0n) is 9.15. The third kappa shape index (κ3) is 1.61. The van der Waals surface area contributed by atoms with E-state index in [1.165, 1.54) is 0 Å². The van der Waals surface area contributed by atoms with Crippen LogP contribution in [0.3, 0.4) is 0 Å². The molecule has 4 heteroatoms. The minimum absolute atomic E-state index is 0.544. The van der Waals surface area contributed by atoms with Gasteiger partial charge in [0.05, 0.1) is 17.1 Å². The van der Waals surface area contributed by atoms with Gasteiger partial charge in [0.1, 0.15) is 0 Å². The molecule has 3 nitrogen and oxygen atoms in total. The van der Waals surface area contributed by atoms with Crippen molar-refractivity contribution < 1.29 is 9.11 Å². The molecule has 0 aromatic heterocycles. The molecule has 0 aliphatic carbocycles. The summed E-state index contributed by atoms with van der Waals surface area (Å²) in [6.45, 7) is 0.544. The molecule has 0 fully saturated rings. The molecule has 0 amide bonds. The lowest BCUT2D eigenvalue weighted by molar-refractivity contribution is 0.487. The molecule has 17 heavy (non-hydrogen) atoms. The number of fused-ring (bicyclic) bond motifs is 1. The minimum Gasteiger partial charge on any atom is -0.278 e. The van der Waals surface area contributed by atoms with Gasteiger partial charge in [0.2, 0.25) is 0 Å². The average Bonchev–Trinajstić information content (AvgIpc) is 2.63. The van der Waals surface area contributed by atoms with Crippen LogP contribution in [0.4, 0.5) is 5.69 Å². The molecular weight excluding hydrogens is 234 g/mol. The van der Waals surface area contributed by atoms with Crippen molar-refractivity contribution in [2.24, 2.45) is 0 Å². The second kappa shape index (κ2) is 3.77. The number of para-hydroxylation sites is 1. The van der Waals surface area contributed by atoms with Gasteiger partial charge in [0, 0.05) is 0 Å². The van der Waals surface area contributed by atoms with Crippen LogP contribution in [0.1, 0.15) is 5.56 Å². The van der Waals surface area contributed by atoms with Crippen LogP contribution in [-0.4, -0.2) is 9.11 Å². The molecule has 2 aromatic carbocycles. The predicted octanol–water partition coefficient (Wildman–Crippen LogP) is 3.73. The highest BCUT2D eigenvalue weighted by Gasteiger charge is 2.34. The Morgan fingerprint density at radius 1 is 0.882 bits per heavy atom. The molecule has 2 N–H and O–H groups in total. The average molecular weight is 247 g/mol. The van der Waals surface area contributed by atoms with Gasteiger partial charge in [-0.3, -0.25) is 13.4 Å². The van der Waals surface area contributed by atoms with E-state index in [0.717, 1.165) is 11.3 Å². The van der Waals surface area contributed by atoms with Crippen LogP contribution in [0, 0.1) is 0 Å². The van der Waals surface area contributed by atoms with Crippen molar-refractivity contribution in [3.05, 3.63) is 60.2 Å². The number of benzene rings is 2. The van der Waals surface area contributed by atoms with Gasteiger partial charge >= 0.3 is 0 Å². The van der Waals surface area contributed by atoms with E-state index in [9.17, 15) is 9.11 Å². The summed E-state index contributed by atoms with van der Waals surface area (Å²) in [5.41, 5.74) is 1.82. The quantitative estimate of drug-likeness (QED) is 0.807. The lowest BCUT2D eigenvalue weighted by Crippen LogP contribution is -2.20. The maximum atomic E-state index is 10.3. The van der Waals surface area contributed by atoms with E-state index in [1.807, 2.05) is 48.5 Å². The van der Waals surface area contributed by atoms with Gasteiger partial charge in [-0.1, -0.05) is 47.2 Å². The second-order valence-corrected chi connectivity index (χ2v) is 5.92. The van der Waals surface area contributed by atoms with Crippen LogP contribution >= 0.6 is 10.8 Å². The molecule has 1 aliphatic rings. The van der Waals surface area contributed by atoms with Gasteiger partial charge in [-0.2, -0.15) is 0 Å². The van der Waals surface area contributed by atoms with E-state index in [-0.39, 0.29) is 0 Å². The molecule has 0 saturated heterocycles. The Labute approximate surface area is 102 Å². The topological polar surface area (TPSA) is 43.7 Å². The number of anilines is 1. The van der Waals surface area contributed by atoms with Crippen molar-refractivity contribution in [3.8, 4) is 0 Å². The fourth-order valence-electron chi connectivity index (χ4n) is 2.10. The van der Waals surface area contributed by atoms with Gasteiger partial charge in [-0.25, -0.2) is 0 Å². The van der Waals surface area contributed by atoms with Crippen LogP contribution in [0.2, 0.25) is 0 Å². The molecule has 0 atom stereocenters. The first kappa shape index (κ1) is 10.7. The van der Waals surface area contributed by atoms with Crippen LogP contribution in [0.25, 0.3) is 0 Å². The molecule has 0 radical (unpaired) electrons. The third-order valence-corrected chi connectivity index (χ3v) is 4.88. The maximum Gasteiger partial charge on any atom is 0.0854 e. The van der Waals surface area contributed by atoms with Gasteiger partial charge in [0.25, 0.3) is 0 Å². The molecule has 3 rings (SSSR count). The molecule has 1 heterocycles. The number of rotatable bonds is 1. The molecular formula is C13H13NO2S. The summed E-state index contributed by atoms with van der Waals surface area (Å²) >= 11 is 0. The molecule has 88 valence electrons. The van der Waals surface area contributed by atoms with E-state index >= 15 is 0 Å². The standard InChI is InChI=1S/C13H13NO2S/c15-17(16)13-9-5-4-6-11(13)10-14(17)12-7-2-1-3-8-12/h1-9,15-16H,10H2. The summed E-state index contributed by atoms with van der Waals surface area (Å²) in [5.74, 6) is 0. The van der Waals surface area contributed by atoms with Gasteiger partial charge < -0.3 is 0 Å². The summed E-state index contributed by atoms with van der Waals surface area (Å²) in [4.78, 5) is 0.642. The van der Waals surface area contributed by atoms with Crippen molar-refractivity contribution in [1.29, 1.82) is 0 Å². The van der Waals surface area contributed by atoms with Gasteiger partial charge in [0.15, 0.2) is 0 Å². The lowest BCUT2D eigenvalue weighted by Gasteiger charge is -2.38. The first-order valence-corrected chi connectivity index (χ1v) is 6.89. The van der Waals surface area contributed by atoms with Gasteiger partial charge in [-0.15, -0.1) is 0 Å². The van der Waals surface area contributed by atoms with E-state index < -0.39 is 10.8 Å². The first-order valence-electron chi connectivity index (χ1n) is 5.38. The van der Waals surface area contributed by atoms with E-state index in [0.29, 0.717) is 11.4 Å². The van der Waals surface area contributed by atoms with Crippen LogP contribution in [0.5, 0.6) is 0 Å². The zero-order valence-corrected chi connectivity index (χ0v) is 9.97. The highest BCUT2D eigenvalue weighted by Crippen LogP contribution is 2.59. The summed E-state index contributed by atoms with van der Waals surface area (Å²) in [6.07, 6.45) is 0. The SMILES string of the molecule is OS1(O)c2ccccc2CN1c1ccccc1. The summed E-state index contributed by atoms with van der Waals surface area (Å²) < 4.78 is 22.3. The fraction of sp³-hybridized carbons (Fsp3) is 0.0769. The Morgan fingerprint density at radius 3 is 2.24 bits per heavy atom. The van der Waals surface area contributed by atoms with Crippen LogP contribution < -0.4 is 4.31 Å². The first-order chi connectivity index (χ1) is 8.19. The zero-order chi connectivity index (χ0) is 11.9. The Kier molecular flexibility index (Phi) is 2.36. The number of nitrogens with zero attached hydrogens (tertiary/aromatic N) is 1. The Morgan fingerprint density at radius 2 is 1.53 bits per heavy atom. The number of hydrogen-bond donors (Lipinski definition) is 2. The second-order valence-electron chi connectivity index (χ2n) is 4.00. The lowest BCUT2D eigenvalue weighted by atomic mass is 10.2. The van der Waals surface area contributed by atoms with Crippen molar-refractivity contribution in [2.45, 2.75) is 11.4 Å². The molecule has 0 unspecified atom stereocenters. The van der Waals surface area contributed by atoms with Crippen LogP contribution in [-0.2, 0) is 6.54 Å². The van der Waals surface area contributed by atoms with Crippen molar-refractivity contribution in [2.75, 3.05) is 4.31 Å². The summed E-state index contributed by atoms with van der Waals surface area (Å²) in [5, 5.41) is 0. The van der Waals surface area contributed by atoms with E-state index in [1.54, 1.807) is 10.4 Å². The van der Waals surface area contributed by atoms with Crippen molar-refractivity contribution in [1.82, 2.24) is 0 Å². The third-order valence-electron chi connectivity index (χ3n) is 2.93. The largest absolute Gasteiger partial charge is 0.278 e. The number of hydrogen-bond acceptors (Lipinski definition) is 3. The highest BCUT2D eigenvalue weighted by molar-refractivity contribution is 8.25. The Bertz CT molecular complexity index is 542. The highest BCUT2D eigenvalue weighted by atomic mass is 32.3.